The quantitative estimate of drug-likeness (QED) is 0.588. The van der Waals surface area contributed by atoms with Crippen LogP contribution < -0.4 is 0 Å². The molecule has 1 heterocycles. The maximum Gasteiger partial charge on any atom is 0.324 e. The van der Waals surface area contributed by atoms with Gasteiger partial charge in [-0.05, 0) is 16.6 Å². The highest BCUT2D eigenvalue weighted by Crippen LogP contribution is 2.12. The molecule has 0 amide bonds. The van der Waals surface area contributed by atoms with Crippen LogP contribution in [0.4, 0.5) is 5.82 Å². The van der Waals surface area contributed by atoms with Gasteiger partial charge in [0.15, 0.2) is 6.73 Å². The third-order valence-corrected chi connectivity index (χ3v) is 2.33. The molecule has 88 valence electrons. The first kappa shape index (κ1) is 11.3. The van der Waals surface area contributed by atoms with Crippen LogP contribution in [0.25, 0.3) is 0 Å². The Bertz CT molecular complexity index is 493. The van der Waals surface area contributed by atoms with Crippen LogP contribution >= 0.6 is 0 Å². The number of nitro groups is 1. The number of ether oxygens (including phenoxy) is 1. The summed E-state index contributed by atoms with van der Waals surface area (Å²) in [6.45, 7) is 0.619. The minimum atomic E-state index is -0.425. The van der Waals surface area contributed by atoms with E-state index in [1.165, 1.54) is 10.6 Å². The molecule has 0 aliphatic rings. The molecule has 1 aromatic heterocycles. The van der Waals surface area contributed by atoms with Crippen molar-refractivity contribution in [1.82, 2.24) is 4.57 Å². The highest BCUT2D eigenvalue weighted by Gasteiger charge is 2.10. The summed E-state index contributed by atoms with van der Waals surface area (Å²) >= 11 is 0. The van der Waals surface area contributed by atoms with Crippen molar-refractivity contribution in [2.75, 3.05) is 0 Å². The predicted octanol–water partition coefficient (Wildman–Crippen LogP) is 2.57. The van der Waals surface area contributed by atoms with Gasteiger partial charge in [0.1, 0.15) is 0 Å². The summed E-state index contributed by atoms with van der Waals surface area (Å²) in [4.78, 5) is 10.2. The van der Waals surface area contributed by atoms with Gasteiger partial charge in [-0.25, -0.2) is 4.57 Å². The molecule has 0 atom stereocenters. The Morgan fingerprint density at radius 3 is 2.65 bits per heavy atom. The molecule has 1 aromatic carbocycles. The van der Waals surface area contributed by atoms with E-state index in [1.807, 2.05) is 30.3 Å². The van der Waals surface area contributed by atoms with Gasteiger partial charge in [-0.3, -0.25) is 0 Å². The van der Waals surface area contributed by atoms with E-state index in [2.05, 4.69) is 0 Å². The minimum absolute atomic E-state index is 0.0399. The first-order valence-electron chi connectivity index (χ1n) is 5.18. The largest absolute Gasteiger partial charge is 0.358 e. The fourth-order valence-corrected chi connectivity index (χ4v) is 1.52. The fraction of sp³-hybridized carbons (Fsp3) is 0.167. The second-order valence-corrected chi connectivity index (χ2v) is 3.56. The van der Waals surface area contributed by atoms with Crippen LogP contribution in [-0.2, 0) is 18.1 Å². The van der Waals surface area contributed by atoms with Crippen molar-refractivity contribution in [1.29, 1.82) is 0 Å². The topological polar surface area (TPSA) is 57.3 Å². The number of hydrogen-bond donors (Lipinski definition) is 0. The van der Waals surface area contributed by atoms with Crippen molar-refractivity contribution in [2.24, 2.45) is 0 Å². The zero-order chi connectivity index (χ0) is 12.1. The van der Waals surface area contributed by atoms with Crippen molar-refractivity contribution in [3.05, 3.63) is 64.3 Å². The number of nitrogens with zero attached hydrogens (tertiary/aromatic N) is 2. The van der Waals surface area contributed by atoms with E-state index in [0.717, 1.165) is 5.56 Å². The summed E-state index contributed by atoms with van der Waals surface area (Å²) in [7, 11) is 0. The molecule has 0 saturated heterocycles. The second kappa shape index (κ2) is 5.27. The van der Waals surface area contributed by atoms with E-state index in [0.29, 0.717) is 6.61 Å². The molecule has 5 heteroatoms. The van der Waals surface area contributed by atoms with Gasteiger partial charge in [-0.15, -0.1) is 0 Å². The molecule has 2 rings (SSSR count). The Kier molecular flexibility index (Phi) is 3.52. The van der Waals surface area contributed by atoms with Gasteiger partial charge in [-0.2, -0.15) is 0 Å². The van der Waals surface area contributed by atoms with Gasteiger partial charge in [-0.1, -0.05) is 30.3 Å². The summed E-state index contributed by atoms with van der Waals surface area (Å²) in [5, 5.41) is 10.6. The van der Waals surface area contributed by atoms with Crippen molar-refractivity contribution in [2.45, 2.75) is 13.3 Å². The highest BCUT2D eigenvalue weighted by molar-refractivity contribution is 5.20. The van der Waals surface area contributed by atoms with Crippen LogP contribution in [0, 0.1) is 10.1 Å². The Morgan fingerprint density at radius 1 is 1.18 bits per heavy atom. The van der Waals surface area contributed by atoms with Crippen molar-refractivity contribution in [3.8, 4) is 0 Å². The summed E-state index contributed by atoms with van der Waals surface area (Å²) < 4.78 is 6.87. The Labute approximate surface area is 98.4 Å². The van der Waals surface area contributed by atoms with Crippen LogP contribution in [-0.4, -0.2) is 9.49 Å². The molecular weight excluding hydrogens is 220 g/mol. The van der Waals surface area contributed by atoms with Crippen LogP contribution in [0.15, 0.2) is 48.7 Å². The summed E-state index contributed by atoms with van der Waals surface area (Å²) in [5.74, 6) is 0.0399. The van der Waals surface area contributed by atoms with E-state index < -0.39 is 4.92 Å². The monoisotopic (exact) mass is 232 g/mol. The van der Waals surface area contributed by atoms with E-state index in [1.54, 1.807) is 12.3 Å². The van der Waals surface area contributed by atoms with Gasteiger partial charge in [0.05, 0.1) is 12.8 Å². The second-order valence-electron chi connectivity index (χ2n) is 3.56. The molecule has 0 saturated carbocycles. The van der Waals surface area contributed by atoms with Gasteiger partial charge < -0.3 is 14.9 Å². The maximum absolute atomic E-state index is 10.6. The maximum atomic E-state index is 10.6. The molecule has 0 N–H and O–H groups in total. The lowest BCUT2D eigenvalue weighted by Gasteiger charge is -2.03. The van der Waals surface area contributed by atoms with Crippen LogP contribution in [0.2, 0.25) is 0 Å². The zero-order valence-electron chi connectivity index (χ0n) is 9.15. The molecule has 0 aliphatic heterocycles. The van der Waals surface area contributed by atoms with Crippen LogP contribution in [0.3, 0.4) is 0 Å². The summed E-state index contributed by atoms with van der Waals surface area (Å²) in [5.41, 5.74) is 1.04. The molecule has 0 unspecified atom stereocenters. The van der Waals surface area contributed by atoms with Crippen molar-refractivity contribution < 1.29 is 9.66 Å². The number of aromatic nitrogens is 1. The van der Waals surface area contributed by atoms with Gasteiger partial charge in [0, 0.05) is 6.07 Å². The van der Waals surface area contributed by atoms with E-state index >= 15 is 0 Å². The van der Waals surface area contributed by atoms with Gasteiger partial charge in [0.2, 0.25) is 0 Å². The smallest absolute Gasteiger partial charge is 0.324 e. The van der Waals surface area contributed by atoms with Crippen LogP contribution in [0.5, 0.6) is 0 Å². The fourth-order valence-electron chi connectivity index (χ4n) is 1.52. The lowest BCUT2D eigenvalue weighted by Crippen LogP contribution is -2.05. The number of hydrogen-bond acceptors (Lipinski definition) is 3. The number of benzene rings is 1. The zero-order valence-corrected chi connectivity index (χ0v) is 9.15. The molecule has 0 spiro atoms. The molecule has 2 aromatic rings. The van der Waals surface area contributed by atoms with Gasteiger partial charge >= 0.3 is 5.82 Å². The molecule has 17 heavy (non-hydrogen) atoms. The van der Waals surface area contributed by atoms with E-state index in [4.69, 9.17) is 4.74 Å². The average molecular weight is 232 g/mol. The first-order valence-corrected chi connectivity index (χ1v) is 5.18. The Morgan fingerprint density at radius 2 is 1.94 bits per heavy atom. The third-order valence-electron chi connectivity index (χ3n) is 2.33. The van der Waals surface area contributed by atoms with E-state index in [9.17, 15) is 10.1 Å². The molecule has 5 nitrogen and oxygen atoms in total. The highest BCUT2D eigenvalue weighted by atomic mass is 16.6. The lowest BCUT2D eigenvalue weighted by atomic mass is 10.2. The first-order chi connectivity index (χ1) is 8.27. The normalized spacial score (nSPS) is 10.4. The molecule has 0 radical (unpaired) electrons. The predicted molar refractivity (Wildman–Crippen MR) is 62.3 cm³/mol. The van der Waals surface area contributed by atoms with Crippen molar-refractivity contribution in [3.63, 3.8) is 0 Å². The lowest BCUT2D eigenvalue weighted by molar-refractivity contribution is -0.393. The standard InChI is InChI=1S/C12H12N2O3/c15-14(16)12-7-4-8-13(12)10-17-9-11-5-2-1-3-6-11/h1-8H,9-10H2. The average Bonchev–Trinajstić information content (AvgIpc) is 2.79. The molecule has 0 fully saturated rings. The SMILES string of the molecule is O=[N+]([O-])c1cccn1COCc1ccccc1. The van der Waals surface area contributed by atoms with Crippen LogP contribution in [0.1, 0.15) is 5.56 Å². The Balaban J connectivity index is 1.90. The Hall–Kier alpha value is -2.14. The molecular formula is C12H12N2O3. The van der Waals surface area contributed by atoms with E-state index in [-0.39, 0.29) is 12.5 Å². The number of rotatable bonds is 5. The van der Waals surface area contributed by atoms with Gasteiger partial charge in [0.25, 0.3) is 0 Å². The molecule has 0 bridgehead atoms. The summed E-state index contributed by atoms with van der Waals surface area (Å²) in [6.07, 6.45) is 1.63. The molecule has 0 aliphatic carbocycles. The minimum Gasteiger partial charge on any atom is -0.358 e. The third kappa shape index (κ3) is 2.92. The summed E-state index contributed by atoms with van der Waals surface area (Å²) in [6, 6.07) is 12.8. The van der Waals surface area contributed by atoms with Crippen molar-refractivity contribution >= 4 is 5.82 Å².